The molecule has 0 aliphatic carbocycles. The second kappa shape index (κ2) is 8.81. The smallest absolute Gasteiger partial charge is 0.235 e. The normalized spacial score (nSPS) is 11.0. The Morgan fingerprint density at radius 3 is 2.34 bits per heavy atom. The predicted octanol–water partition coefficient (Wildman–Crippen LogP) is 6.95. The van der Waals surface area contributed by atoms with Crippen LogP contribution in [-0.2, 0) is 0 Å². The van der Waals surface area contributed by atoms with E-state index in [4.69, 9.17) is 32.4 Å². The maximum absolute atomic E-state index is 13.4. The van der Waals surface area contributed by atoms with E-state index >= 15 is 0 Å². The van der Waals surface area contributed by atoms with Crippen LogP contribution in [0.2, 0.25) is 10.0 Å². The van der Waals surface area contributed by atoms with Crippen molar-refractivity contribution in [2.24, 2.45) is 0 Å². The summed E-state index contributed by atoms with van der Waals surface area (Å²) >= 11 is 12.1. The molecule has 0 radical (unpaired) electrons. The molecule has 0 bridgehead atoms. The van der Waals surface area contributed by atoms with Crippen LogP contribution >= 0.6 is 23.2 Å². The Bertz CT molecular complexity index is 1400. The fourth-order valence-corrected chi connectivity index (χ4v) is 4.14. The van der Waals surface area contributed by atoms with Gasteiger partial charge in [0, 0.05) is 16.1 Å². The SMILES string of the molecule is Cc1ccc(-c2oc3cc(C)cc(C)c3c(=O)c2OCC(=O)c2ccc(Cl)cc2Cl)cc1. The number of hydrogen-bond donors (Lipinski definition) is 0. The largest absolute Gasteiger partial charge is 0.478 e. The zero-order valence-corrected chi connectivity index (χ0v) is 19.3. The lowest BCUT2D eigenvalue weighted by atomic mass is 10.0. The minimum absolute atomic E-state index is 0.00765. The van der Waals surface area contributed by atoms with Gasteiger partial charge in [-0.25, -0.2) is 0 Å². The van der Waals surface area contributed by atoms with Gasteiger partial charge in [0.1, 0.15) is 5.58 Å². The van der Waals surface area contributed by atoms with Gasteiger partial charge in [-0.2, -0.15) is 0 Å². The van der Waals surface area contributed by atoms with E-state index < -0.39 is 0 Å². The molecular formula is C26H20Cl2O4. The third-order valence-electron chi connectivity index (χ3n) is 5.19. The molecule has 162 valence electrons. The van der Waals surface area contributed by atoms with Gasteiger partial charge in [-0.1, -0.05) is 59.1 Å². The summed E-state index contributed by atoms with van der Waals surface area (Å²) in [6.45, 7) is 5.39. The highest BCUT2D eigenvalue weighted by Crippen LogP contribution is 2.33. The van der Waals surface area contributed by atoms with E-state index in [1.54, 1.807) is 6.07 Å². The second-order valence-corrected chi connectivity index (χ2v) is 8.59. The molecule has 32 heavy (non-hydrogen) atoms. The molecule has 4 aromatic rings. The summed E-state index contributed by atoms with van der Waals surface area (Å²) in [6, 6.07) is 15.9. The van der Waals surface area contributed by atoms with Gasteiger partial charge in [-0.15, -0.1) is 0 Å². The van der Waals surface area contributed by atoms with Crippen LogP contribution in [0.5, 0.6) is 5.75 Å². The summed E-state index contributed by atoms with van der Waals surface area (Å²) in [5.74, 6) is -0.101. The quantitative estimate of drug-likeness (QED) is 0.298. The van der Waals surface area contributed by atoms with E-state index in [1.807, 2.05) is 57.2 Å². The van der Waals surface area contributed by atoms with Crippen molar-refractivity contribution in [2.45, 2.75) is 20.8 Å². The summed E-state index contributed by atoms with van der Waals surface area (Å²) in [4.78, 5) is 26.2. The molecule has 0 amide bonds. The summed E-state index contributed by atoms with van der Waals surface area (Å²) in [5.41, 5.74) is 3.93. The zero-order chi connectivity index (χ0) is 23.0. The Balaban J connectivity index is 1.82. The number of carbonyl (C=O) groups is 1. The summed E-state index contributed by atoms with van der Waals surface area (Å²) in [5, 5.41) is 1.08. The number of fused-ring (bicyclic) bond motifs is 1. The van der Waals surface area contributed by atoms with Gasteiger partial charge in [0.25, 0.3) is 0 Å². The van der Waals surface area contributed by atoms with E-state index in [0.29, 0.717) is 21.6 Å². The van der Waals surface area contributed by atoms with E-state index in [2.05, 4.69) is 0 Å². The van der Waals surface area contributed by atoms with Crippen LogP contribution in [0.25, 0.3) is 22.3 Å². The fourth-order valence-electron chi connectivity index (χ4n) is 3.63. The molecule has 4 nitrogen and oxygen atoms in total. The van der Waals surface area contributed by atoms with Gasteiger partial charge < -0.3 is 9.15 Å². The van der Waals surface area contributed by atoms with Gasteiger partial charge in [0.15, 0.2) is 12.4 Å². The molecule has 0 aliphatic heterocycles. The van der Waals surface area contributed by atoms with Gasteiger partial charge in [0.2, 0.25) is 17.0 Å². The maximum atomic E-state index is 13.4. The highest BCUT2D eigenvalue weighted by molar-refractivity contribution is 6.36. The van der Waals surface area contributed by atoms with E-state index in [-0.39, 0.29) is 39.9 Å². The highest BCUT2D eigenvalue weighted by Gasteiger charge is 2.21. The number of carbonyl (C=O) groups excluding carboxylic acids is 1. The third-order valence-corrected chi connectivity index (χ3v) is 5.74. The Hall–Kier alpha value is -3.08. The number of rotatable bonds is 5. The fraction of sp³-hybridized carbons (Fsp3) is 0.154. The van der Waals surface area contributed by atoms with Gasteiger partial charge in [0.05, 0.1) is 10.4 Å². The molecule has 1 heterocycles. The van der Waals surface area contributed by atoms with Crippen LogP contribution in [0.1, 0.15) is 27.0 Å². The molecule has 6 heteroatoms. The summed E-state index contributed by atoms with van der Waals surface area (Å²) < 4.78 is 12.0. The molecule has 0 saturated carbocycles. The lowest BCUT2D eigenvalue weighted by Crippen LogP contribution is -2.17. The second-order valence-electron chi connectivity index (χ2n) is 7.75. The number of aryl methyl sites for hydroxylation is 3. The lowest BCUT2D eigenvalue weighted by Gasteiger charge is -2.13. The Labute approximate surface area is 195 Å². The van der Waals surface area contributed by atoms with Crippen molar-refractivity contribution in [3.05, 3.63) is 97.1 Å². The Morgan fingerprint density at radius 2 is 1.66 bits per heavy atom. The molecule has 0 fully saturated rings. The van der Waals surface area contributed by atoms with E-state index in [1.165, 1.54) is 12.1 Å². The standard InChI is InChI=1S/C26H20Cl2O4/c1-14-4-6-17(7-5-14)25-26(24(30)23-16(3)10-15(2)11-22(23)32-25)31-13-21(29)19-9-8-18(27)12-20(19)28/h4-12H,13H2,1-3H3. The van der Waals surface area contributed by atoms with Crippen LogP contribution in [0.4, 0.5) is 0 Å². The number of Topliss-reactive ketones (excluding diaryl/α,β-unsaturated/α-hetero) is 1. The Kier molecular flexibility index (Phi) is 6.09. The molecule has 0 N–H and O–H groups in total. The van der Waals surface area contributed by atoms with Crippen LogP contribution in [0, 0.1) is 20.8 Å². The molecule has 0 saturated heterocycles. The van der Waals surface area contributed by atoms with Crippen LogP contribution in [-0.4, -0.2) is 12.4 Å². The first-order valence-electron chi connectivity index (χ1n) is 10.0. The summed E-state index contributed by atoms with van der Waals surface area (Å²) in [6.07, 6.45) is 0. The van der Waals surface area contributed by atoms with Crippen LogP contribution in [0.3, 0.4) is 0 Å². The zero-order valence-electron chi connectivity index (χ0n) is 17.8. The van der Waals surface area contributed by atoms with Crippen LogP contribution in [0.15, 0.2) is 63.8 Å². The van der Waals surface area contributed by atoms with Gasteiger partial charge >= 0.3 is 0 Å². The van der Waals surface area contributed by atoms with Gasteiger partial charge in [-0.3, -0.25) is 9.59 Å². The van der Waals surface area contributed by atoms with Crippen molar-refractivity contribution in [2.75, 3.05) is 6.61 Å². The van der Waals surface area contributed by atoms with Crippen molar-refractivity contribution in [1.82, 2.24) is 0 Å². The van der Waals surface area contributed by atoms with Crippen molar-refractivity contribution in [3.8, 4) is 17.1 Å². The first kappa shape index (κ1) is 22.1. The number of ether oxygens (including phenoxy) is 1. The number of benzene rings is 3. The number of ketones is 1. The first-order chi connectivity index (χ1) is 15.2. The average Bonchev–Trinajstić information content (AvgIpc) is 2.72. The minimum atomic E-state index is -0.374. The molecule has 4 rings (SSSR count). The van der Waals surface area contributed by atoms with Crippen molar-refractivity contribution in [1.29, 1.82) is 0 Å². The van der Waals surface area contributed by atoms with E-state index in [0.717, 1.165) is 16.7 Å². The van der Waals surface area contributed by atoms with Gasteiger partial charge in [-0.05, 0) is 56.2 Å². The van der Waals surface area contributed by atoms with Crippen molar-refractivity contribution >= 4 is 40.0 Å². The topological polar surface area (TPSA) is 56.5 Å². The molecule has 0 atom stereocenters. The monoisotopic (exact) mass is 466 g/mol. The van der Waals surface area contributed by atoms with Crippen molar-refractivity contribution < 1.29 is 13.9 Å². The number of hydrogen-bond acceptors (Lipinski definition) is 4. The van der Waals surface area contributed by atoms with Crippen LogP contribution < -0.4 is 10.2 Å². The van der Waals surface area contributed by atoms with E-state index in [9.17, 15) is 9.59 Å². The molecule has 0 unspecified atom stereocenters. The highest BCUT2D eigenvalue weighted by atomic mass is 35.5. The molecule has 0 aliphatic rings. The lowest BCUT2D eigenvalue weighted by molar-refractivity contribution is 0.0920. The minimum Gasteiger partial charge on any atom is -0.478 e. The number of halogens is 2. The third kappa shape index (κ3) is 4.29. The molecule has 3 aromatic carbocycles. The average molecular weight is 467 g/mol. The van der Waals surface area contributed by atoms with Crippen molar-refractivity contribution in [3.63, 3.8) is 0 Å². The molecular weight excluding hydrogens is 447 g/mol. The maximum Gasteiger partial charge on any atom is 0.235 e. The Morgan fingerprint density at radius 1 is 0.938 bits per heavy atom. The first-order valence-corrected chi connectivity index (χ1v) is 10.8. The predicted molar refractivity (Wildman–Crippen MR) is 128 cm³/mol. The molecule has 0 spiro atoms. The summed E-state index contributed by atoms with van der Waals surface area (Å²) in [7, 11) is 0. The molecule has 1 aromatic heterocycles.